The third-order valence-electron chi connectivity index (χ3n) is 5.09. The summed E-state index contributed by atoms with van der Waals surface area (Å²) < 4.78 is 5.61. The maximum atomic E-state index is 12.4. The van der Waals surface area contributed by atoms with E-state index in [-0.39, 0.29) is 18.7 Å². The Bertz CT molecular complexity index is 773. The van der Waals surface area contributed by atoms with Crippen LogP contribution in [0, 0.1) is 0 Å². The number of hydrogen-bond acceptors (Lipinski definition) is 5. The molecule has 3 atom stereocenters. The summed E-state index contributed by atoms with van der Waals surface area (Å²) in [5, 5.41) is 8.42. The van der Waals surface area contributed by atoms with Crippen LogP contribution < -0.4 is 16.0 Å². The number of benzene rings is 1. The van der Waals surface area contributed by atoms with Crippen LogP contribution in [0.2, 0.25) is 5.02 Å². The molecule has 2 rings (SSSR count). The number of halogens is 1. The number of hydrogen-bond donors (Lipinski definition) is 3. The van der Waals surface area contributed by atoms with Crippen LogP contribution in [-0.4, -0.2) is 42.8 Å². The van der Waals surface area contributed by atoms with E-state index >= 15 is 0 Å². The van der Waals surface area contributed by atoms with Crippen molar-refractivity contribution in [2.75, 3.05) is 6.54 Å². The summed E-state index contributed by atoms with van der Waals surface area (Å²) >= 11 is 6.09. The molecule has 0 saturated carbocycles. The van der Waals surface area contributed by atoms with Gasteiger partial charge in [0.25, 0.3) is 0 Å². The molecule has 0 radical (unpaired) electrons. The number of aldehydes is 1. The number of alkyl carbamates (subject to hydrolysis) is 1. The van der Waals surface area contributed by atoms with Gasteiger partial charge in [-0.15, -0.1) is 0 Å². The first-order valence-corrected chi connectivity index (χ1v) is 11.0. The van der Waals surface area contributed by atoms with Crippen LogP contribution in [0.5, 0.6) is 0 Å². The fourth-order valence-electron chi connectivity index (χ4n) is 3.30. The molecule has 1 heterocycles. The Morgan fingerprint density at radius 3 is 2.58 bits per heavy atom. The van der Waals surface area contributed by atoms with E-state index in [2.05, 4.69) is 16.0 Å². The van der Waals surface area contributed by atoms with Gasteiger partial charge in [-0.25, -0.2) is 4.79 Å². The van der Waals surface area contributed by atoms with Crippen molar-refractivity contribution < 1.29 is 23.9 Å². The Kier molecular flexibility index (Phi) is 10.3. The molecule has 1 saturated heterocycles. The highest BCUT2D eigenvalue weighted by atomic mass is 35.5. The second-order valence-electron chi connectivity index (χ2n) is 7.66. The van der Waals surface area contributed by atoms with E-state index in [1.165, 1.54) is 6.92 Å². The molecule has 0 bridgehead atoms. The topological polar surface area (TPSA) is 114 Å². The van der Waals surface area contributed by atoms with E-state index in [4.69, 9.17) is 16.3 Å². The summed E-state index contributed by atoms with van der Waals surface area (Å²) in [7, 11) is 0. The second-order valence-corrected chi connectivity index (χ2v) is 8.09. The zero-order valence-electron chi connectivity index (χ0n) is 17.7. The first-order valence-electron chi connectivity index (χ1n) is 10.6. The Balaban J connectivity index is 2.09. The van der Waals surface area contributed by atoms with Gasteiger partial charge in [0.05, 0.1) is 6.04 Å². The van der Waals surface area contributed by atoms with E-state index < -0.39 is 30.2 Å². The molecule has 3 amide bonds. The van der Waals surface area contributed by atoms with E-state index in [1.54, 1.807) is 18.2 Å². The van der Waals surface area contributed by atoms with Crippen LogP contribution in [0.4, 0.5) is 4.79 Å². The SMILES string of the molecule is C[C@@H]1NC(=O)OC(c2cccc(Cl)c2)CCCCCCNC(=O)CC[C@@H](C=O)NC1=O. The van der Waals surface area contributed by atoms with Gasteiger partial charge < -0.3 is 25.5 Å². The average molecular weight is 452 g/mol. The average Bonchev–Trinajstić information content (AvgIpc) is 2.74. The van der Waals surface area contributed by atoms with Gasteiger partial charge in [-0.05, 0) is 50.3 Å². The molecule has 1 aliphatic rings. The fourth-order valence-corrected chi connectivity index (χ4v) is 3.50. The largest absolute Gasteiger partial charge is 0.441 e. The molecular weight excluding hydrogens is 422 g/mol. The van der Waals surface area contributed by atoms with E-state index in [0.29, 0.717) is 24.3 Å². The lowest BCUT2D eigenvalue weighted by atomic mass is 10.0. The van der Waals surface area contributed by atoms with Crippen LogP contribution >= 0.6 is 11.6 Å². The molecule has 1 fully saturated rings. The molecule has 31 heavy (non-hydrogen) atoms. The Hall–Kier alpha value is -2.61. The summed E-state index contributed by atoms with van der Waals surface area (Å²) in [5.41, 5.74) is 0.780. The minimum atomic E-state index is -0.914. The highest BCUT2D eigenvalue weighted by molar-refractivity contribution is 6.30. The number of rotatable bonds is 2. The van der Waals surface area contributed by atoms with Gasteiger partial charge in [0, 0.05) is 18.0 Å². The van der Waals surface area contributed by atoms with Crippen molar-refractivity contribution in [1.82, 2.24) is 16.0 Å². The van der Waals surface area contributed by atoms with E-state index in [9.17, 15) is 19.2 Å². The number of carbonyl (C=O) groups excluding carboxylic acids is 4. The molecule has 8 nitrogen and oxygen atoms in total. The molecule has 0 spiro atoms. The second kappa shape index (κ2) is 12.9. The Morgan fingerprint density at radius 2 is 1.84 bits per heavy atom. The highest BCUT2D eigenvalue weighted by Crippen LogP contribution is 2.26. The lowest BCUT2D eigenvalue weighted by Gasteiger charge is -2.22. The monoisotopic (exact) mass is 451 g/mol. The van der Waals surface area contributed by atoms with E-state index in [0.717, 1.165) is 31.2 Å². The van der Waals surface area contributed by atoms with Gasteiger partial charge in [-0.3, -0.25) is 9.59 Å². The van der Waals surface area contributed by atoms with E-state index in [1.807, 2.05) is 6.07 Å². The van der Waals surface area contributed by atoms with Crippen molar-refractivity contribution in [3.05, 3.63) is 34.9 Å². The molecule has 0 aliphatic carbocycles. The Labute approximate surface area is 187 Å². The minimum absolute atomic E-state index is 0.134. The van der Waals surface area contributed by atoms with Gasteiger partial charge in [-0.2, -0.15) is 0 Å². The van der Waals surface area contributed by atoms with Gasteiger partial charge >= 0.3 is 6.09 Å². The number of amides is 3. The predicted octanol–water partition coefficient (Wildman–Crippen LogP) is 3.04. The molecule has 1 aromatic rings. The predicted molar refractivity (Wildman–Crippen MR) is 117 cm³/mol. The first-order chi connectivity index (χ1) is 14.9. The van der Waals surface area contributed by atoms with Crippen molar-refractivity contribution in [3.63, 3.8) is 0 Å². The molecule has 1 aliphatic heterocycles. The maximum absolute atomic E-state index is 12.4. The van der Waals surface area contributed by atoms with Crippen LogP contribution in [0.25, 0.3) is 0 Å². The number of carbonyl (C=O) groups is 4. The molecule has 1 unspecified atom stereocenters. The molecule has 9 heteroatoms. The first kappa shape index (κ1) is 24.7. The molecule has 1 aromatic carbocycles. The van der Waals surface area contributed by atoms with Crippen molar-refractivity contribution in [2.24, 2.45) is 0 Å². The smallest absolute Gasteiger partial charge is 0.408 e. The van der Waals surface area contributed by atoms with Gasteiger partial charge in [0.2, 0.25) is 11.8 Å². The maximum Gasteiger partial charge on any atom is 0.408 e. The Morgan fingerprint density at radius 1 is 1.06 bits per heavy atom. The number of nitrogens with one attached hydrogen (secondary N) is 3. The van der Waals surface area contributed by atoms with Gasteiger partial charge in [0.15, 0.2) is 0 Å². The van der Waals surface area contributed by atoms with Crippen LogP contribution in [0.3, 0.4) is 0 Å². The molecule has 170 valence electrons. The van der Waals surface area contributed by atoms with Crippen LogP contribution in [0.1, 0.15) is 63.5 Å². The number of ether oxygens (including phenoxy) is 1. The molecule has 0 aromatic heterocycles. The third kappa shape index (κ3) is 8.96. The highest BCUT2D eigenvalue weighted by Gasteiger charge is 2.23. The van der Waals surface area contributed by atoms with Gasteiger partial charge in [0.1, 0.15) is 18.4 Å². The fraction of sp³-hybridized carbons (Fsp3) is 0.545. The van der Waals surface area contributed by atoms with Crippen LogP contribution in [0.15, 0.2) is 24.3 Å². The molecule has 3 N–H and O–H groups in total. The lowest BCUT2D eigenvalue weighted by molar-refractivity contribution is -0.126. The van der Waals surface area contributed by atoms with Crippen molar-refractivity contribution in [1.29, 1.82) is 0 Å². The van der Waals surface area contributed by atoms with Crippen molar-refractivity contribution >= 4 is 35.8 Å². The quantitative estimate of drug-likeness (QED) is 0.598. The zero-order chi connectivity index (χ0) is 22.6. The normalized spacial score (nSPS) is 25.1. The van der Waals surface area contributed by atoms with Crippen molar-refractivity contribution in [3.8, 4) is 0 Å². The van der Waals surface area contributed by atoms with Crippen molar-refractivity contribution in [2.45, 2.75) is 70.1 Å². The van der Waals surface area contributed by atoms with Gasteiger partial charge in [-0.1, -0.05) is 36.6 Å². The summed E-state index contributed by atoms with van der Waals surface area (Å²) in [4.78, 5) is 48.0. The number of cyclic esters (lactones) is 1. The molecular formula is C22H30ClN3O5. The lowest BCUT2D eigenvalue weighted by Crippen LogP contribution is -2.49. The minimum Gasteiger partial charge on any atom is -0.441 e. The summed E-state index contributed by atoms with van der Waals surface area (Å²) in [6.45, 7) is 2.06. The third-order valence-corrected chi connectivity index (χ3v) is 5.32. The van der Waals surface area contributed by atoms with Crippen LogP contribution in [-0.2, 0) is 19.1 Å². The zero-order valence-corrected chi connectivity index (χ0v) is 18.5. The summed E-state index contributed by atoms with van der Waals surface area (Å²) in [5.74, 6) is -0.687. The standard InChI is InChI=1S/C22H30ClN3O5/c1-15-21(29)26-18(14-27)10-11-20(28)24-12-5-3-2-4-9-19(31-22(30)25-15)16-7-6-8-17(23)13-16/h6-8,13-15,18-19H,2-5,9-12H2,1H3,(H,24,28)(H,25,30)(H,26,29)/t15-,18-,19?/m0/s1. The summed E-state index contributed by atoms with van der Waals surface area (Å²) in [6.07, 6.45) is 3.80. The summed E-state index contributed by atoms with van der Waals surface area (Å²) in [6, 6.07) is 5.42.